The molecule has 0 bridgehead atoms. The number of hydrogen-bond acceptors (Lipinski definition) is 6. The van der Waals surface area contributed by atoms with Crippen molar-refractivity contribution in [2.45, 2.75) is 12.8 Å². The topological polar surface area (TPSA) is 75.9 Å². The molecule has 8 heteroatoms. The highest BCUT2D eigenvalue weighted by Gasteiger charge is 2.12. The molecule has 2 aromatic heterocycles. The highest BCUT2D eigenvalue weighted by Crippen LogP contribution is 2.29. The van der Waals surface area contributed by atoms with Crippen LogP contribution in [0.4, 0.5) is 11.6 Å². The fraction of sp³-hybridized carbons (Fsp3) is 0.273. The molecule has 0 aliphatic heterocycles. The van der Waals surface area contributed by atoms with Gasteiger partial charge in [0, 0.05) is 24.0 Å². The molecule has 0 amide bonds. The predicted molar refractivity (Wildman–Crippen MR) is 81.1 cm³/mol. The number of anilines is 2. The number of nitrogens with zero attached hydrogens (tertiary/aromatic N) is 2. The molecule has 2 heterocycles. The zero-order valence-electron chi connectivity index (χ0n) is 10.2. The lowest BCUT2D eigenvalue weighted by Crippen LogP contribution is -2.14. The molecule has 5 nitrogen and oxygen atoms in total. The highest BCUT2D eigenvalue weighted by molar-refractivity contribution is 7.09. The number of rotatable bonds is 5. The number of nitrogen functional groups attached to an aromatic ring is 1. The van der Waals surface area contributed by atoms with Crippen LogP contribution in [0.15, 0.2) is 17.6 Å². The number of aromatic nitrogens is 2. The van der Waals surface area contributed by atoms with Gasteiger partial charge < -0.3 is 10.7 Å². The maximum atomic E-state index is 6.08. The van der Waals surface area contributed by atoms with Crippen molar-refractivity contribution in [3.05, 3.63) is 32.7 Å². The minimum absolute atomic E-state index is 0.267. The van der Waals surface area contributed by atoms with E-state index < -0.39 is 0 Å². The van der Waals surface area contributed by atoms with Crippen LogP contribution in [-0.2, 0) is 0 Å². The first kappa shape index (κ1) is 14.3. The van der Waals surface area contributed by atoms with Gasteiger partial charge in [0.15, 0.2) is 5.82 Å². The van der Waals surface area contributed by atoms with E-state index in [1.807, 2.05) is 5.38 Å². The van der Waals surface area contributed by atoms with Crippen molar-refractivity contribution in [3.8, 4) is 0 Å². The third-order valence-corrected chi connectivity index (χ3v) is 4.10. The molecule has 0 saturated heterocycles. The standard InChI is InChI=1S/C11H13Cl2N5S/c1-6(11-15-2-3-19-11)5-16-9-7(12)4-8(13)10(17-9)18-14/h2-4,6H,5,14H2,1H3,(H2,16,17,18). The molecule has 1 atom stereocenters. The minimum Gasteiger partial charge on any atom is -0.368 e. The van der Waals surface area contributed by atoms with E-state index in [1.165, 1.54) is 0 Å². The van der Waals surface area contributed by atoms with Crippen molar-refractivity contribution >= 4 is 46.2 Å². The highest BCUT2D eigenvalue weighted by atomic mass is 35.5. The normalized spacial score (nSPS) is 12.2. The Morgan fingerprint density at radius 3 is 2.74 bits per heavy atom. The minimum atomic E-state index is 0.267. The maximum Gasteiger partial charge on any atom is 0.161 e. The van der Waals surface area contributed by atoms with Crippen LogP contribution in [0.3, 0.4) is 0 Å². The van der Waals surface area contributed by atoms with Gasteiger partial charge in [-0.25, -0.2) is 15.8 Å². The molecule has 0 aliphatic carbocycles. The summed E-state index contributed by atoms with van der Waals surface area (Å²) in [5.74, 6) is 6.52. The Hall–Kier alpha value is -1.08. The summed E-state index contributed by atoms with van der Waals surface area (Å²) in [6.45, 7) is 2.75. The second kappa shape index (κ2) is 6.38. The van der Waals surface area contributed by atoms with E-state index in [9.17, 15) is 0 Å². The Balaban J connectivity index is 2.07. The van der Waals surface area contributed by atoms with E-state index in [0.29, 0.717) is 28.2 Å². The van der Waals surface area contributed by atoms with E-state index in [1.54, 1.807) is 23.6 Å². The molecule has 0 radical (unpaired) electrons. The molecule has 0 aliphatic rings. The van der Waals surface area contributed by atoms with Gasteiger partial charge in [0.05, 0.1) is 15.1 Å². The van der Waals surface area contributed by atoms with Gasteiger partial charge in [-0.2, -0.15) is 0 Å². The zero-order chi connectivity index (χ0) is 13.8. The number of nitrogens with one attached hydrogen (secondary N) is 2. The van der Waals surface area contributed by atoms with E-state index in [4.69, 9.17) is 29.0 Å². The van der Waals surface area contributed by atoms with Crippen LogP contribution in [0.2, 0.25) is 10.0 Å². The van der Waals surface area contributed by atoms with Gasteiger partial charge in [0.1, 0.15) is 5.82 Å². The first-order chi connectivity index (χ1) is 9.11. The Labute approximate surface area is 125 Å². The summed E-state index contributed by atoms with van der Waals surface area (Å²) in [7, 11) is 0. The fourth-order valence-corrected chi connectivity index (χ4v) is 2.69. The van der Waals surface area contributed by atoms with E-state index in [2.05, 4.69) is 27.6 Å². The van der Waals surface area contributed by atoms with Gasteiger partial charge in [-0.15, -0.1) is 11.3 Å². The third-order valence-electron chi connectivity index (χ3n) is 2.51. The van der Waals surface area contributed by atoms with Gasteiger partial charge in [-0.1, -0.05) is 30.1 Å². The lowest BCUT2D eigenvalue weighted by atomic mass is 10.2. The van der Waals surface area contributed by atoms with Crippen LogP contribution >= 0.6 is 34.5 Å². The number of hydrazine groups is 1. The fourth-order valence-electron chi connectivity index (χ4n) is 1.51. The SMILES string of the molecule is CC(CNc1nc(NN)c(Cl)cc1Cl)c1nccs1. The van der Waals surface area contributed by atoms with E-state index in [0.717, 1.165) is 5.01 Å². The molecule has 2 aromatic rings. The first-order valence-electron chi connectivity index (χ1n) is 5.57. The molecular formula is C11H13Cl2N5S. The Morgan fingerprint density at radius 1 is 1.37 bits per heavy atom. The summed E-state index contributed by atoms with van der Waals surface area (Å²) < 4.78 is 0. The number of nitrogens with two attached hydrogens (primary N) is 1. The van der Waals surface area contributed by atoms with E-state index >= 15 is 0 Å². The summed E-state index contributed by atoms with van der Waals surface area (Å²) in [5.41, 5.74) is 2.43. The van der Waals surface area contributed by atoms with Crippen molar-refractivity contribution in [3.63, 3.8) is 0 Å². The molecule has 0 fully saturated rings. The number of thiazole rings is 1. The summed E-state index contributed by atoms with van der Waals surface area (Å²) in [4.78, 5) is 8.49. The van der Waals surface area contributed by atoms with Crippen LogP contribution in [0, 0.1) is 0 Å². The lowest BCUT2D eigenvalue weighted by Gasteiger charge is -2.13. The second-order valence-electron chi connectivity index (χ2n) is 3.95. The molecular weight excluding hydrogens is 305 g/mol. The van der Waals surface area contributed by atoms with Crippen LogP contribution in [0.1, 0.15) is 17.8 Å². The predicted octanol–water partition coefficient (Wildman–Crippen LogP) is 3.35. The third kappa shape index (κ3) is 3.48. The van der Waals surface area contributed by atoms with Crippen molar-refractivity contribution < 1.29 is 0 Å². The van der Waals surface area contributed by atoms with Crippen molar-refractivity contribution in [1.82, 2.24) is 9.97 Å². The molecule has 102 valence electrons. The Morgan fingerprint density at radius 2 is 2.11 bits per heavy atom. The monoisotopic (exact) mass is 317 g/mol. The average Bonchev–Trinajstić information content (AvgIpc) is 2.91. The summed E-state index contributed by atoms with van der Waals surface area (Å²) in [5, 5.41) is 7.03. The molecule has 0 aromatic carbocycles. The molecule has 4 N–H and O–H groups in total. The van der Waals surface area contributed by atoms with Crippen molar-refractivity contribution in [2.75, 3.05) is 17.3 Å². The van der Waals surface area contributed by atoms with Crippen LogP contribution in [0.25, 0.3) is 0 Å². The molecule has 2 rings (SSSR count). The van der Waals surface area contributed by atoms with Gasteiger partial charge in [-0.3, -0.25) is 0 Å². The Bertz CT molecular complexity index is 546. The largest absolute Gasteiger partial charge is 0.368 e. The average molecular weight is 318 g/mol. The quantitative estimate of drug-likeness (QED) is 0.582. The number of pyridine rings is 1. The molecule has 0 spiro atoms. The second-order valence-corrected chi connectivity index (χ2v) is 5.69. The van der Waals surface area contributed by atoms with Gasteiger partial charge in [-0.05, 0) is 6.07 Å². The maximum absolute atomic E-state index is 6.08. The lowest BCUT2D eigenvalue weighted by molar-refractivity contribution is 0.792. The summed E-state index contributed by atoms with van der Waals surface area (Å²) in [6, 6.07) is 1.60. The van der Waals surface area contributed by atoms with Crippen molar-refractivity contribution in [1.29, 1.82) is 0 Å². The van der Waals surface area contributed by atoms with Crippen molar-refractivity contribution in [2.24, 2.45) is 5.84 Å². The zero-order valence-corrected chi connectivity index (χ0v) is 12.5. The van der Waals surface area contributed by atoms with Crippen LogP contribution in [-0.4, -0.2) is 16.5 Å². The van der Waals surface area contributed by atoms with Gasteiger partial charge in [0.2, 0.25) is 0 Å². The summed E-state index contributed by atoms with van der Waals surface area (Å²) >= 11 is 13.6. The number of hydrogen-bond donors (Lipinski definition) is 3. The summed E-state index contributed by atoms with van der Waals surface area (Å²) in [6.07, 6.45) is 1.79. The van der Waals surface area contributed by atoms with E-state index in [-0.39, 0.29) is 5.92 Å². The molecule has 19 heavy (non-hydrogen) atoms. The molecule has 1 unspecified atom stereocenters. The molecule has 0 saturated carbocycles. The van der Waals surface area contributed by atoms with Gasteiger partial charge >= 0.3 is 0 Å². The van der Waals surface area contributed by atoms with Crippen LogP contribution in [0.5, 0.6) is 0 Å². The number of halogens is 2. The van der Waals surface area contributed by atoms with Crippen LogP contribution < -0.4 is 16.6 Å². The van der Waals surface area contributed by atoms with Gasteiger partial charge in [0.25, 0.3) is 0 Å². The first-order valence-corrected chi connectivity index (χ1v) is 7.21. The smallest absolute Gasteiger partial charge is 0.161 e. The Kier molecular flexibility index (Phi) is 4.81.